The molecule has 2 nitrogen and oxygen atoms in total. The normalized spacial score (nSPS) is 30.5. The van der Waals surface area contributed by atoms with E-state index in [1.165, 1.54) is 5.56 Å². The first kappa shape index (κ1) is 15.9. The van der Waals surface area contributed by atoms with Crippen molar-refractivity contribution in [2.75, 3.05) is 0 Å². The van der Waals surface area contributed by atoms with Crippen molar-refractivity contribution in [3.63, 3.8) is 0 Å². The fourth-order valence-electron chi connectivity index (χ4n) is 2.53. The molecule has 4 heteroatoms. The van der Waals surface area contributed by atoms with Gasteiger partial charge < -0.3 is 16.9 Å². The van der Waals surface area contributed by atoms with E-state index in [9.17, 15) is 5.11 Å². The first-order valence-electron chi connectivity index (χ1n) is 5.85. The summed E-state index contributed by atoms with van der Waals surface area (Å²) in [5, 5.41) is 9.75. The Morgan fingerprint density at radius 3 is 2.50 bits per heavy atom. The molecule has 1 N–H and O–H groups in total. The molecule has 4 unspecified atom stereocenters. The first-order chi connectivity index (χ1) is 8.17. The SMILES string of the molecule is [B]C1C(O)CC([N+]#[C-])C1c1ccc(C[CH2-])cc1.[Y]. The number of aliphatic hydroxyl groups excluding tert-OH is 1. The molecule has 0 saturated heterocycles. The van der Waals surface area contributed by atoms with Gasteiger partial charge in [-0.3, -0.25) is 0 Å². The second kappa shape index (κ2) is 6.85. The predicted octanol–water partition coefficient (Wildman–Crippen LogP) is 2.15. The van der Waals surface area contributed by atoms with Gasteiger partial charge in [0.15, 0.2) is 0 Å². The van der Waals surface area contributed by atoms with Crippen LogP contribution in [0, 0.1) is 13.5 Å². The van der Waals surface area contributed by atoms with Gasteiger partial charge >= 0.3 is 0 Å². The van der Waals surface area contributed by atoms with Crippen LogP contribution >= 0.6 is 0 Å². The number of hydrogen-bond acceptors (Lipinski definition) is 1. The van der Waals surface area contributed by atoms with Crippen LogP contribution in [0.3, 0.4) is 0 Å². The van der Waals surface area contributed by atoms with E-state index >= 15 is 0 Å². The van der Waals surface area contributed by atoms with Crippen molar-refractivity contribution in [2.45, 2.75) is 36.7 Å². The summed E-state index contributed by atoms with van der Waals surface area (Å²) in [6, 6.07) is 7.83. The quantitative estimate of drug-likeness (QED) is 0.657. The van der Waals surface area contributed by atoms with E-state index in [1.807, 2.05) is 24.3 Å². The molecule has 0 amide bonds. The van der Waals surface area contributed by atoms with E-state index in [1.54, 1.807) is 0 Å². The molecule has 1 fully saturated rings. The Labute approximate surface area is 135 Å². The van der Waals surface area contributed by atoms with Gasteiger partial charge in [-0.1, -0.05) is 29.8 Å². The van der Waals surface area contributed by atoms with E-state index in [0.717, 1.165) is 12.0 Å². The van der Waals surface area contributed by atoms with Gasteiger partial charge in [0, 0.05) is 39.1 Å². The van der Waals surface area contributed by atoms with Crippen LogP contribution in [0.2, 0.25) is 5.82 Å². The van der Waals surface area contributed by atoms with Crippen LogP contribution in [0.5, 0.6) is 0 Å². The van der Waals surface area contributed by atoms with Crippen LogP contribution in [0.15, 0.2) is 24.3 Å². The van der Waals surface area contributed by atoms with E-state index in [4.69, 9.17) is 14.4 Å². The molecule has 0 aliphatic heterocycles. The molecule has 0 aromatic heterocycles. The van der Waals surface area contributed by atoms with Crippen molar-refractivity contribution in [3.8, 4) is 0 Å². The molecule has 0 heterocycles. The summed E-state index contributed by atoms with van der Waals surface area (Å²) < 4.78 is 0. The zero-order valence-electron chi connectivity index (χ0n) is 10.3. The second-order valence-corrected chi connectivity index (χ2v) is 4.59. The maximum absolute atomic E-state index is 9.75. The van der Waals surface area contributed by atoms with Crippen molar-refractivity contribution in [3.05, 3.63) is 53.7 Å². The maximum atomic E-state index is 9.75. The smallest absolute Gasteiger partial charge is 0.232 e. The Balaban J connectivity index is 0.00000162. The third-order valence-corrected chi connectivity index (χ3v) is 3.58. The minimum atomic E-state index is -0.563. The van der Waals surface area contributed by atoms with E-state index in [2.05, 4.69) is 11.8 Å². The Bertz CT molecular complexity index is 428. The molecule has 2 rings (SSSR count). The topological polar surface area (TPSA) is 24.6 Å². The average Bonchev–Trinajstić information content (AvgIpc) is 2.65. The number of rotatable bonds is 2. The Morgan fingerprint density at radius 1 is 1.39 bits per heavy atom. The minimum absolute atomic E-state index is 0. The fourth-order valence-corrected chi connectivity index (χ4v) is 2.53. The molecule has 1 aliphatic rings. The average molecular weight is 313 g/mol. The molecule has 1 aromatic rings. The van der Waals surface area contributed by atoms with Crippen molar-refractivity contribution in [2.24, 2.45) is 0 Å². The van der Waals surface area contributed by atoms with Crippen LogP contribution in [-0.4, -0.2) is 25.1 Å². The molecular formula is C14H15BNOY-. The van der Waals surface area contributed by atoms with Gasteiger partial charge in [0.25, 0.3) is 0 Å². The van der Waals surface area contributed by atoms with Crippen LogP contribution < -0.4 is 0 Å². The van der Waals surface area contributed by atoms with Gasteiger partial charge in [-0.05, 0) is 11.4 Å². The largest absolute Gasteiger partial charge is 0.393 e. The second-order valence-electron chi connectivity index (χ2n) is 4.59. The van der Waals surface area contributed by atoms with Crippen LogP contribution in [-0.2, 0) is 39.1 Å². The van der Waals surface area contributed by atoms with Crippen molar-refractivity contribution in [1.82, 2.24) is 0 Å². The summed E-state index contributed by atoms with van der Waals surface area (Å²) in [7, 11) is 5.99. The van der Waals surface area contributed by atoms with Crippen molar-refractivity contribution < 1.29 is 37.8 Å². The molecule has 3 radical (unpaired) electrons. The summed E-state index contributed by atoms with van der Waals surface area (Å²) in [5.41, 5.74) is 2.22. The third kappa shape index (κ3) is 3.05. The van der Waals surface area contributed by atoms with Crippen LogP contribution in [0.4, 0.5) is 0 Å². The van der Waals surface area contributed by atoms with Crippen LogP contribution in [0.1, 0.15) is 23.5 Å². The van der Waals surface area contributed by atoms with Crippen LogP contribution in [0.25, 0.3) is 4.85 Å². The standard InChI is InChI=1S/C14H15BNO.Y/c1-3-9-4-6-10(7-5-9)13-11(16-2)8-12(17)14(13)15;/h4-7,11-14,17H,1,3,8H2;/q-1;. The zero-order chi connectivity index (χ0) is 12.4. The van der Waals surface area contributed by atoms with Gasteiger partial charge in [0.05, 0.1) is 19.9 Å². The van der Waals surface area contributed by atoms with Gasteiger partial charge in [-0.15, -0.1) is 0 Å². The van der Waals surface area contributed by atoms with Gasteiger partial charge in [-0.2, -0.15) is 6.42 Å². The maximum Gasteiger partial charge on any atom is 0.232 e. The zero-order valence-corrected chi connectivity index (χ0v) is 13.1. The van der Waals surface area contributed by atoms with Gasteiger partial charge in [-0.25, -0.2) is 6.57 Å². The molecule has 1 saturated carbocycles. The van der Waals surface area contributed by atoms with E-state index in [-0.39, 0.29) is 50.5 Å². The third-order valence-electron chi connectivity index (χ3n) is 3.58. The molecule has 0 spiro atoms. The molecule has 89 valence electrons. The monoisotopic (exact) mass is 313 g/mol. The molecule has 4 atom stereocenters. The van der Waals surface area contributed by atoms with Gasteiger partial charge in [0.2, 0.25) is 6.04 Å². The number of benzene rings is 1. The fraction of sp³-hybridized carbons (Fsp3) is 0.429. The summed E-state index contributed by atoms with van der Waals surface area (Å²) in [5.74, 6) is -0.388. The molecule has 1 aromatic carbocycles. The molecular weight excluding hydrogens is 298 g/mol. The molecule has 0 bridgehead atoms. The predicted molar refractivity (Wildman–Crippen MR) is 68.8 cm³/mol. The number of aliphatic hydroxyl groups is 1. The van der Waals surface area contributed by atoms with E-state index < -0.39 is 6.10 Å². The summed E-state index contributed by atoms with van der Waals surface area (Å²) in [6.45, 7) is 11.0. The minimum Gasteiger partial charge on any atom is -0.393 e. The summed E-state index contributed by atoms with van der Waals surface area (Å²) >= 11 is 0. The number of nitrogens with zero attached hydrogens (tertiary/aromatic N) is 1. The van der Waals surface area contributed by atoms with Gasteiger partial charge in [0.1, 0.15) is 0 Å². The Morgan fingerprint density at radius 2 is 2.00 bits per heavy atom. The molecule has 1 aliphatic carbocycles. The van der Waals surface area contributed by atoms with Crippen molar-refractivity contribution >= 4 is 7.85 Å². The Hall–Kier alpha value is -0.161. The molecule has 18 heavy (non-hydrogen) atoms. The Kier molecular flexibility index (Phi) is 6.05. The van der Waals surface area contributed by atoms with E-state index in [0.29, 0.717) is 6.42 Å². The van der Waals surface area contributed by atoms with Crippen molar-refractivity contribution in [1.29, 1.82) is 0 Å². The summed E-state index contributed by atoms with van der Waals surface area (Å²) in [4.78, 5) is 3.59. The number of hydrogen-bond donors (Lipinski definition) is 1. The summed E-state index contributed by atoms with van der Waals surface area (Å²) in [6.07, 6.45) is 0.671. The first-order valence-corrected chi connectivity index (χ1v) is 5.85.